The highest BCUT2D eigenvalue weighted by atomic mass is 19.1. The molecule has 1 aromatic heterocycles. The molecular weight excluding hydrogens is 359 g/mol. The number of carbonyl (C=O) groups is 1. The smallest absolute Gasteiger partial charge is 0.318 e. The van der Waals surface area contributed by atoms with Gasteiger partial charge in [-0.2, -0.15) is 4.98 Å². The van der Waals surface area contributed by atoms with Gasteiger partial charge in [0, 0.05) is 12.6 Å². The van der Waals surface area contributed by atoms with E-state index in [1.54, 1.807) is 31.0 Å². The van der Waals surface area contributed by atoms with E-state index >= 15 is 0 Å². The minimum absolute atomic E-state index is 0.0564. The standard InChI is InChI=1S/C21H21FN4O2/c1-13(20-24-19(25-28-20)15-7-10-16(22)11-8-15)23-21(27)26(2)18-12-9-14-5-3-4-6-17(14)18/h3-8,10-11,13,18H,9,12H2,1-2H3,(H,23,27). The van der Waals surface area contributed by atoms with E-state index in [2.05, 4.69) is 27.6 Å². The lowest BCUT2D eigenvalue weighted by molar-refractivity contribution is 0.184. The highest BCUT2D eigenvalue weighted by Gasteiger charge is 2.29. The number of nitrogens with zero attached hydrogens (tertiary/aromatic N) is 3. The number of rotatable bonds is 4. The third kappa shape index (κ3) is 3.47. The summed E-state index contributed by atoms with van der Waals surface area (Å²) in [6.07, 6.45) is 1.88. The zero-order valence-corrected chi connectivity index (χ0v) is 15.7. The second-order valence-electron chi connectivity index (χ2n) is 7.00. The van der Waals surface area contributed by atoms with E-state index in [0.717, 1.165) is 12.8 Å². The number of halogens is 1. The van der Waals surface area contributed by atoms with Crippen LogP contribution in [0.1, 0.15) is 42.4 Å². The van der Waals surface area contributed by atoms with Gasteiger partial charge in [-0.15, -0.1) is 0 Å². The third-order valence-corrected chi connectivity index (χ3v) is 5.14. The molecule has 0 fully saturated rings. The Labute approximate surface area is 162 Å². The summed E-state index contributed by atoms with van der Waals surface area (Å²) in [7, 11) is 1.80. The Bertz CT molecular complexity index is 986. The highest BCUT2D eigenvalue weighted by Crippen LogP contribution is 2.34. The number of aromatic nitrogens is 2. The van der Waals surface area contributed by atoms with Crippen LogP contribution in [-0.2, 0) is 6.42 Å². The largest absolute Gasteiger partial charge is 0.337 e. The van der Waals surface area contributed by atoms with Crippen molar-refractivity contribution in [2.45, 2.75) is 31.8 Å². The van der Waals surface area contributed by atoms with Gasteiger partial charge >= 0.3 is 6.03 Å². The topological polar surface area (TPSA) is 71.3 Å². The molecule has 0 radical (unpaired) electrons. The van der Waals surface area contributed by atoms with Crippen LogP contribution in [0.4, 0.5) is 9.18 Å². The van der Waals surface area contributed by atoms with Crippen molar-refractivity contribution in [2.24, 2.45) is 0 Å². The van der Waals surface area contributed by atoms with Crippen molar-refractivity contribution in [3.63, 3.8) is 0 Å². The molecule has 7 heteroatoms. The van der Waals surface area contributed by atoms with Crippen LogP contribution < -0.4 is 5.32 Å². The molecule has 2 amide bonds. The molecule has 1 heterocycles. The summed E-state index contributed by atoms with van der Waals surface area (Å²) in [6, 6.07) is 13.5. The Hall–Kier alpha value is -3.22. The maximum absolute atomic E-state index is 13.1. The van der Waals surface area contributed by atoms with Crippen LogP contribution in [0.3, 0.4) is 0 Å². The Morgan fingerprint density at radius 1 is 1.25 bits per heavy atom. The van der Waals surface area contributed by atoms with Crippen molar-refractivity contribution in [1.82, 2.24) is 20.4 Å². The molecule has 0 bridgehead atoms. The van der Waals surface area contributed by atoms with Crippen LogP contribution in [0.15, 0.2) is 53.1 Å². The van der Waals surface area contributed by atoms with Gasteiger partial charge in [0.05, 0.1) is 6.04 Å². The molecule has 1 aliphatic rings. The van der Waals surface area contributed by atoms with Gasteiger partial charge in [-0.1, -0.05) is 29.4 Å². The number of urea groups is 1. The number of amides is 2. The first-order valence-corrected chi connectivity index (χ1v) is 9.23. The second kappa shape index (κ2) is 7.42. The van der Waals surface area contributed by atoms with Crippen molar-refractivity contribution in [3.05, 3.63) is 71.4 Å². The van der Waals surface area contributed by atoms with Gasteiger partial charge in [0.1, 0.15) is 11.9 Å². The second-order valence-corrected chi connectivity index (χ2v) is 7.00. The molecule has 0 spiro atoms. The summed E-state index contributed by atoms with van der Waals surface area (Å²) in [5, 5.41) is 6.83. The fraction of sp³-hybridized carbons (Fsp3) is 0.286. The van der Waals surface area contributed by atoms with E-state index in [1.165, 1.54) is 23.3 Å². The average molecular weight is 380 g/mol. The SMILES string of the molecule is CC(NC(=O)N(C)C1CCc2ccccc21)c1nc(-c2ccc(F)cc2)no1. The lowest BCUT2D eigenvalue weighted by atomic mass is 10.1. The van der Waals surface area contributed by atoms with Crippen LogP contribution in [0.2, 0.25) is 0 Å². The first-order valence-electron chi connectivity index (χ1n) is 9.23. The van der Waals surface area contributed by atoms with Crippen molar-refractivity contribution in [3.8, 4) is 11.4 Å². The summed E-state index contributed by atoms with van der Waals surface area (Å²) < 4.78 is 18.3. The van der Waals surface area contributed by atoms with Crippen molar-refractivity contribution < 1.29 is 13.7 Å². The van der Waals surface area contributed by atoms with Gasteiger partial charge in [-0.3, -0.25) is 0 Å². The average Bonchev–Trinajstić information content (AvgIpc) is 3.35. The molecule has 2 aromatic carbocycles. The molecule has 1 N–H and O–H groups in total. The van der Waals surface area contributed by atoms with Crippen molar-refractivity contribution >= 4 is 6.03 Å². The van der Waals surface area contributed by atoms with Gasteiger partial charge in [-0.05, 0) is 55.2 Å². The molecule has 6 nitrogen and oxygen atoms in total. The van der Waals surface area contributed by atoms with Crippen LogP contribution in [0.5, 0.6) is 0 Å². The molecule has 0 aliphatic heterocycles. The summed E-state index contributed by atoms with van der Waals surface area (Å²) >= 11 is 0. The number of nitrogens with one attached hydrogen (secondary N) is 1. The molecule has 4 rings (SSSR count). The summed E-state index contributed by atoms with van der Waals surface area (Å²) in [5.74, 6) is 0.326. The Morgan fingerprint density at radius 2 is 2.00 bits per heavy atom. The van der Waals surface area contributed by atoms with Crippen LogP contribution >= 0.6 is 0 Å². The monoisotopic (exact) mass is 380 g/mol. The highest BCUT2D eigenvalue weighted by molar-refractivity contribution is 5.75. The first kappa shape index (κ1) is 18.2. The number of benzene rings is 2. The summed E-state index contributed by atoms with van der Waals surface area (Å²) in [6.45, 7) is 1.79. The number of carbonyl (C=O) groups excluding carboxylic acids is 1. The summed E-state index contributed by atoms with van der Waals surface area (Å²) in [4.78, 5) is 18.8. The fourth-order valence-corrected chi connectivity index (χ4v) is 3.55. The normalized spacial score (nSPS) is 16.5. The molecule has 1 aliphatic carbocycles. The van der Waals surface area contributed by atoms with E-state index in [0.29, 0.717) is 17.3 Å². The number of hydrogen-bond acceptors (Lipinski definition) is 4. The molecule has 2 atom stereocenters. The fourth-order valence-electron chi connectivity index (χ4n) is 3.55. The zero-order valence-electron chi connectivity index (χ0n) is 15.7. The van der Waals surface area contributed by atoms with E-state index in [9.17, 15) is 9.18 Å². The third-order valence-electron chi connectivity index (χ3n) is 5.14. The van der Waals surface area contributed by atoms with Gasteiger partial charge in [-0.25, -0.2) is 9.18 Å². The van der Waals surface area contributed by atoms with E-state index in [-0.39, 0.29) is 17.9 Å². The van der Waals surface area contributed by atoms with E-state index in [4.69, 9.17) is 4.52 Å². The van der Waals surface area contributed by atoms with Gasteiger partial charge in [0.2, 0.25) is 11.7 Å². The Kier molecular flexibility index (Phi) is 4.81. The predicted molar refractivity (Wildman–Crippen MR) is 102 cm³/mol. The van der Waals surface area contributed by atoms with Gasteiger partial charge < -0.3 is 14.7 Å². The minimum atomic E-state index is -0.451. The molecule has 3 aromatic rings. The maximum Gasteiger partial charge on any atom is 0.318 e. The molecular formula is C21H21FN4O2. The lowest BCUT2D eigenvalue weighted by Crippen LogP contribution is -2.40. The molecule has 2 unspecified atom stereocenters. The van der Waals surface area contributed by atoms with E-state index < -0.39 is 6.04 Å². The van der Waals surface area contributed by atoms with Gasteiger partial charge in [0.25, 0.3) is 0 Å². The maximum atomic E-state index is 13.1. The number of fused-ring (bicyclic) bond motifs is 1. The summed E-state index contributed by atoms with van der Waals surface area (Å²) in [5.41, 5.74) is 3.14. The van der Waals surface area contributed by atoms with E-state index in [1.807, 2.05) is 12.1 Å². The quantitative estimate of drug-likeness (QED) is 0.734. The Morgan fingerprint density at radius 3 is 2.79 bits per heavy atom. The van der Waals surface area contributed by atoms with Crippen LogP contribution in [0, 0.1) is 5.82 Å². The van der Waals surface area contributed by atoms with Gasteiger partial charge in [0.15, 0.2) is 0 Å². The Balaban J connectivity index is 1.43. The predicted octanol–water partition coefficient (Wildman–Crippen LogP) is 4.27. The number of hydrogen-bond donors (Lipinski definition) is 1. The zero-order chi connectivity index (χ0) is 19.7. The molecule has 0 saturated heterocycles. The molecule has 144 valence electrons. The first-order chi connectivity index (χ1) is 13.5. The number of aryl methyl sites for hydroxylation is 1. The minimum Gasteiger partial charge on any atom is -0.337 e. The van der Waals surface area contributed by atoms with Crippen molar-refractivity contribution in [1.29, 1.82) is 0 Å². The molecule has 0 saturated carbocycles. The van der Waals surface area contributed by atoms with Crippen LogP contribution in [-0.4, -0.2) is 28.1 Å². The lowest BCUT2D eigenvalue weighted by Gasteiger charge is -2.26. The van der Waals surface area contributed by atoms with Crippen molar-refractivity contribution in [2.75, 3.05) is 7.05 Å². The molecule has 28 heavy (non-hydrogen) atoms. The van der Waals surface area contributed by atoms with Crippen LogP contribution in [0.25, 0.3) is 11.4 Å².